The summed E-state index contributed by atoms with van der Waals surface area (Å²) in [5, 5.41) is 11.5. The van der Waals surface area contributed by atoms with Crippen molar-refractivity contribution in [3.05, 3.63) is 29.8 Å². The summed E-state index contributed by atoms with van der Waals surface area (Å²) in [4.78, 5) is 22.1. The van der Waals surface area contributed by atoms with E-state index in [1.165, 1.54) is 24.3 Å². The van der Waals surface area contributed by atoms with Crippen LogP contribution in [0.15, 0.2) is 24.3 Å². The molecule has 1 amide bonds. The summed E-state index contributed by atoms with van der Waals surface area (Å²) in [6, 6.07) is 5.94. The number of carbonyl (C=O) groups is 2. The van der Waals surface area contributed by atoms with Crippen molar-refractivity contribution in [1.82, 2.24) is 5.32 Å². The molecule has 0 heterocycles. The van der Waals surface area contributed by atoms with Crippen LogP contribution in [0.2, 0.25) is 0 Å². The highest BCUT2D eigenvalue weighted by Gasteiger charge is 2.05. The maximum absolute atomic E-state index is 11.4. The Bertz CT molecular complexity index is 426. The van der Waals surface area contributed by atoms with E-state index in [2.05, 4.69) is 19.2 Å². The summed E-state index contributed by atoms with van der Waals surface area (Å²) in [6.45, 7) is 4.75. The minimum atomic E-state index is -0.988. The van der Waals surface area contributed by atoms with Gasteiger partial charge in [-0.3, -0.25) is 4.79 Å². The lowest BCUT2D eigenvalue weighted by atomic mass is 10.1. The van der Waals surface area contributed by atoms with Gasteiger partial charge in [0, 0.05) is 6.54 Å². The van der Waals surface area contributed by atoms with Crippen LogP contribution in [0, 0.1) is 5.92 Å². The fourth-order valence-corrected chi connectivity index (χ4v) is 1.39. The number of nitrogens with one attached hydrogen (secondary N) is 1. The molecule has 2 N–H and O–H groups in total. The Balaban J connectivity index is 2.32. The maximum atomic E-state index is 11.4. The highest BCUT2D eigenvalue weighted by atomic mass is 16.5. The van der Waals surface area contributed by atoms with Crippen molar-refractivity contribution >= 4 is 11.9 Å². The first-order valence-corrected chi connectivity index (χ1v) is 6.22. The number of hydrogen-bond acceptors (Lipinski definition) is 3. The second-order valence-corrected chi connectivity index (χ2v) is 4.65. The van der Waals surface area contributed by atoms with Crippen LogP contribution in [0.5, 0.6) is 5.75 Å². The van der Waals surface area contributed by atoms with E-state index < -0.39 is 5.97 Å². The fraction of sp³-hybridized carbons (Fsp3) is 0.429. The highest BCUT2D eigenvalue weighted by Crippen LogP contribution is 2.11. The maximum Gasteiger partial charge on any atom is 0.335 e. The molecule has 104 valence electrons. The third-order valence-electron chi connectivity index (χ3n) is 2.52. The topological polar surface area (TPSA) is 75.6 Å². The van der Waals surface area contributed by atoms with Gasteiger partial charge in [0.15, 0.2) is 6.61 Å². The summed E-state index contributed by atoms with van der Waals surface area (Å²) >= 11 is 0. The van der Waals surface area contributed by atoms with Gasteiger partial charge in [-0.1, -0.05) is 13.8 Å². The molecule has 1 aromatic rings. The zero-order valence-corrected chi connectivity index (χ0v) is 11.2. The third kappa shape index (κ3) is 5.90. The van der Waals surface area contributed by atoms with E-state index in [9.17, 15) is 9.59 Å². The van der Waals surface area contributed by atoms with Crippen LogP contribution >= 0.6 is 0 Å². The highest BCUT2D eigenvalue weighted by molar-refractivity contribution is 5.87. The first kappa shape index (κ1) is 15.0. The summed E-state index contributed by atoms with van der Waals surface area (Å²) in [5.41, 5.74) is 0.189. The van der Waals surface area contributed by atoms with Crippen molar-refractivity contribution in [2.75, 3.05) is 13.2 Å². The van der Waals surface area contributed by atoms with E-state index in [-0.39, 0.29) is 18.1 Å². The van der Waals surface area contributed by atoms with E-state index in [4.69, 9.17) is 9.84 Å². The molecule has 5 heteroatoms. The van der Waals surface area contributed by atoms with E-state index >= 15 is 0 Å². The quantitative estimate of drug-likeness (QED) is 0.789. The Labute approximate surface area is 112 Å². The summed E-state index contributed by atoms with van der Waals surface area (Å²) in [6.07, 6.45) is 0.930. The Hall–Kier alpha value is -2.04. The molecule has 19 heavy (non-hydrogen) atoms. The van der Waals surface area contributed by atoms with Gasteiger partial charge in [0.05, 0.1) is 5.56 Å². The number of hydrogen-bond donors (Lipinski definition) is 2. The number of ether oxygens (including phenoxy) is 1. The van der Waals surface area contributed by atoms with Crippen LogP contribution in [0.25, 0.3) is 0 Å². The zero-order valence-electron chi connectivity index (χ0n) is 11.2. The zero-order chi connectivity index (χ0) is 14.3. The minimum absolute atomic E-state index is 0.0650. The lowest BCUT2D eigenvalue weighted by Crippen LogP contribution is -2.30. The summed E-state index contributed by atoms with van der Waals surface area (Å²) in [7, 11) is 0. The van der Waals surface area contributed by atoms with Crippen LogP contribution in [0.3, 0.4) is 0 Å². The molecule has 5 nitrogen and oxygen atoms in total. The second kappa shape index (κ2) is 7.41. The van der Waals surface area contributed by atoms with Crippen molar-refractivity contribution in [2.24, 2.45) is 5.92 Å². The molecule has 0 aliphatic carbocycles. The van der Waals surface area contributed by atoms with E-state index in [0.29, 0.717) is 18.2 Å². The van der Waals surface area contributed by atoms with Crippen molar-refractivity contribution in [1.29, 1.82) is 0 Å². The molecule has 0 saturated heterocycles. The van der Waals surface area contributed by atoms with E-state index in [1.807, 2.05) is 0 Å². The fourth-order valence-electron chi connectivity index (χ4n) is 1.39. The molecular weight excluding hydrogens is 246 g/mol. The Morgan fingerprint density at radius 3 is 2.42 bits per heavy atom. The van der Waals surface area contributed by atoms with Crippen LogP contribution in [0.1, 0.15) is 30.6 Å². The number of carbonyl (C=O) groups excluding carboxylic acids is 1. The standard InChI is InChI=1S/C14H19NO4/c1-10(2)7-8-15-13(16)9-19-12-5-3-11(4-6-12)14(17)18/h3-6,10H,7-9H2,1-2H3,(H,15,16)(H,17,18). The number of benzene rings is 1. The van der Waals surface area contributed by atoms with Gasteiger partial charge in [0.2, 0.25) is 0 Å². The van der Waals surface area contributed by atoms with E-state index in [0.717, 1.165) is 6.42 Å². The molecule has 0 spiro atoms. The van der Waals surface area contributed by atoms with Crippen molar-refractivity contribution < 1.29 is 19.4 Å². The lowest BCUT2D eigenvalue weighted by Gasteiger charge is -2.08. The van der Waals surface area contributed by atoms with Gasteiger partial charge in [-0.05, 0) is 36.6 Å². The van der Waals surface area contributed by atoms with Crippen LogP contribution < -0.4 is 10.1 Å². The third-order valence-corrected chi connectivity index (χ3v) is 2.52. The Kier molecular flexibility index (Phi) is 5.85. The second-order valence-electron chi connectivity index (χ2n) is 4.65. The van der Waals surface area contributed by atoms with Gasteiger partial charge in [0.25, 0.3) is 5.91 Å². The van der Waals surface area contributed by atoms with Gasteiger partial charge >= 0.3 is 5.97 Å². The van der Waals surface area contributed by atoms with Gasteiger partial charge in [0.1, 0.15) is 5.75 Å². The van der Waals surface area contributed by atoms with Gasteiger partial charge in [-0.2, -0.15) is 0 Å². The van der Waals surface area contributed by atoms with Crippen molar-refractivity contribution in [3.63, 3.8) is 0 Å². The van der Waals surface area contributed by atoms with Crippen LogP contribution in [-0.4, -0.2) is 30.1 Å². The van der Waals surface area contributed by atoms with Crippen LogP contribution in [0.4, 0.5) is 0 Å². The molecule has 1 aromatic carbocycles. The molecule has 1 rings (SSSR count). The number of amides is 1. The number of carboxylic acid groups (broad SMARTS) is 1. The molecular formula is C14H19NO4. The number of carboxylic acids is 1. The Morgan fingerprint density at radius 2 is 1.89 bits per heavy atom. The summed E-state index contributed by atoms with van der Waals surface area (Å²) in [5.74, 6) is -0.144. The Morgan fingerprint density at radius 1 is 1.26 bits per heavy atom. The summed E-state index contributed by atoms with van der Waals surface area (Å²) < 4.78 is 5.26. The number of rotatable bonds is 7. The molecule has 0 aliphatic heterocycles. The predicted molar refractivity (Wildman–Crippen MR) is 71.4 cm³/mol. The van der Waals surface area contributed by atoms with E-state index in [1.54, 1.807) is 0 Å². The average molecular weight is 265 g/mol. The molecule has 0 bridgehead atoms. The van der Waals surface area contributed by atoms with Crippen molar-refractivity contribution in [3.8, 4) is 5.75 Å². The monoisotopic (exact) mass is 265 g/mol. The van der Waals surface area contributed by atoms with Gasteiger partial charge < -0.3 is 15.2 Å². The van der Waals surface area contributed by atoms with Gasteiger partial charge in [-0.15, -0.1) is 0 Å². The van der Waals surface area contributed by atoms with Gasteiger partial charge in [-0.25, -0.2) is 4.79 Å². The van der Waals surface area contributed by atoms with Crippen LogP contribution in [-0.2, 0) is 4.79 Å². The van der Waals surface area contributed by atoms with Crippen molar-refractivity contribution in [2.45, 2.75) is 20.3 Å². The normalized spacial score (nSPS) is 10.3. The molecule has 0 unspecified atom stereocenters. The molecule has 0 fully saturated rings. The average Bonchev–Trinajstić information content (AvgIpc) is 2.36. The molecule has 0 radical (unpaired) electrons. The SMILES string of the molecule is CC(C)CCNC(=O)COc1ccc(C(=O)O)cc1. The first-order chi connectivity index (χ1) is 8.99. The molecule has 0 saturated carbocycles. The largest absolute Gasteiger partial charge is 0.484 e. The molecule has 0 aliphatic rings. The molecule has 0 aromatic heterocycles. The lowest BCUT2D eigenvalue weighted by molar-refractivity contribution is -0.123. The number of aromatic carboxylic acids is 1. The predicted octanol–water partition coefficient (Wildman–Crippen LogP) is 1.93. The minimum Gasteiger partial charge on any atom is -0.484 e. The first-order valence-electron chi connectivity index (χ1n) is 6.22. The molecule has 0 atom stereocenters. The smallest absolute Gasteiger partial charge is 0.335 e.